The van der Waals surface area contributed by atoms with Crippen molar-refractivity contribution in [3.8, 4) is 11.5 Å². The maximum Gasteiger partial charge on any atom is 0.319 e. The minimum Gasteiger partial charge on any atom is -0.497 e. The molecule has 0 fully saturated rings. The van der Waals surface area contributed by atoms with Gasteiger partial charge in [0.25, 0.3) is 0 Å². The number of aryl methyl sites for hydroxylation is 1. The van der Waals surface area contributed by atoms with Gasteiger partial charge >= 0.3 is 5.97 Å². The van der Waals surface area contributed by atoms with Crippen molar-refractivity contribution in [3.05, 3.63) is 34.8 Å². The van der Waals surface area contributed by atoms with E-state index in [0.717, 1.165) is 11.3 Å². The zero-order chi connectivity index (χ0) is 19.8. The van der Waals surface area contributed by atoms with Crippen LogP contribution in [0.1, 0.15) is 11.3 Å². The first kappa shape index (κ1) is 20.7. The number of hydrogen-bond donors (Lipinski definition) is 1. The summed E-state index contributed by atoms with van der Waals surface area (Å²) in [5.41, 5.74) is 1.68. The second-order valence-corrected chi connectivity index (χ2v) is 6.64. The maximum absolute atomic E-state index is 12.4. The number of benzene rings is 1. The lowest BCUT2D eigenvalue weighted by molar-refractivity contribution is -0.142. The molecular formula is C18H23N3O5S. The van der Waals surface area contributed by atoms with Gasteiger partial charge in [-0.3, -0.25) is 14.5 Å². The Morgan fingerprint density at radius 2 is 1.78 bits per heavy atom. The topological polar surface area (TPSA) is 90.0 Å². The second kappa shape index (κ2) is 9.89. The van der Waals surface area contributed by atoms with Crippen molar-refractivity contribution in [1.82, 2.24) is 9.88 Å². The first-order chi connectivity index (χ1) is 12.9. The molecule has 0 unspecified atom stereocenters. The van der Waals surface area contributed by atoms with Crippen LogP contribution in [-0.2, 0) is 20.9 Å². The van der Waals surface area contributed by atoms with Crippen molar-refractivity contribution in [3.63, 3.8) is 0 Å². The van der Waals surface area contributed by atoms with Crippen LogP contribution in [0, 0.1) is 6.92 Å². The van der Waals surface area contributed by atoms with Gasteiger partial charge < -0.3 is 19.5 Å². The zero-order valence-corrected chi connectivity index (χ0v) is 16.6. The number of nitrogens with zero attached hydrogens (tertiary/aromatic N) is 2. The van der Waals surface area contributed by atoms with E-state index in [4.69, 9.17) is 14.2 Å². The molecule has 0 spiro atoms. The Balaban J connectivity index is 2.11. The molecule has 0 aliphatic carbocycles. The Morgan fingerprint density at radius 1 is 1.11 bits per heavy atom. The molecule has 27 heavy (non-hydrogen) atoms. The quantitative estimate of drug-likeness (QED) is 0.652. The molecule has 0 saturated heterocycles. The zero-order valence-electron chi connectivity index (χ0n) is 15.8. The van der Waals surface area contributed by atoms with Crippen molar-refractivity contribution in [1.29, 1.82) is 0 Å². The Bertz CT molecular complexity index is 771. The normalized spacial score (nSPS) is 10.6. The fourth-order valence-electron chi connectivity index (χ4n) is 2.40. The average Bonchev–Trinajstić information content (AvgIpc) is 3.05. The number of rotatable bonds is 9. The highest BCUT2D eigenvalue weighted by atomic mass is 32.1. The lowest BCUT2D eigenvalue weighted by atomic mass is 10.2. The number of methoxy groups -OCH3 is 3. The predicted molar refractivity (Wildman–Crippen MR) is 102 cm³/mol. The van der Waals surface area contributed by atoms with E-state index in [0.29, 0.717) is 23.2 Å². The molecule has 0 aliphatic heterocycles. The van der Waals surface area contributed by atoms with Crippen LogP contribution in [0.5, 0.6) is 11.5 Å². The number of amides is 1. The highest BCUT2D eigenvalue weighted by molar-refractivity contribution is 7.13. The van der Waals surface area contributed by atoms with Gasteiger partial charge in [-0.1, -0.05) is 0 Å². The molecule has 9 heteroatoms. The van der Waals surface area contributed by atoms with E-state index >= 15 is 0 Å². The second-order valence-electron chi connectivity index (χ2n) is 5.78. The van der Waals surface area contributed by atoms with Gasteiger partial charge in [-0.15, -0.1) is 11.3 Å². The number of carbonyl (C=O) groups is 2. The third-order valence-electron chi connectivity index (χ3n) is 3.63. The van der Waals surface area contributed by atoms with E-state index < -0.39 is 5.97 Å². The molecule has 1 aromatic heterocycles. The monoisotopic (exact) mass is 393 g/mol. The third-order valence-corrected chi connectivity index (χ3v) is 4.51. The summed E-state index contributed by atoms with van der Waals surface area (Å²) in [6.07, 6.45) is 0. The summed E-state index contributed by atoms with van der Waals surface area (Å²) >= 11 is 1.35. The van der Waals surface area contributed by atoms with Gasteiger partial charge in [0.15, 0.2) is 5.13 Å². The molecule has 1 aromatic carbocycles. The molecule has 0 saturated carbocycles. The van der Waals surface area contributed by atoms with Crippen LogP contribution in [0.25, 0.3) is 0 Å². The van der Waals surface area contributed by atoms with Gasteiger partial charge in [0.2, 0.25) is 5.91 Å². The Hall–Kier alpha value is -2.65. The summed E-state index contributed by atoms with van der Waals surface area (Å²) in [5.74, 6) is 0.570. The van der Waals surface area contributed by atoms with Gasteiger partial charge in [-0.2, -0.15) is 0 Å². The van der Waals surface area contributed by atoms with Gasteiger partial charge in [-0.05, 0) is 24.6 Å². The van der Waals surface area contributed by atoms with Crippen LogP contribution in [0.3, 0.4) is 0 Å². The summed E-state index contributed by atoms with van der Waals surface area (Å²) in [7, 11) is 4.44. The number of ether oxygens (including phenoxy) is 3. The minimum atomic E-state index is -0.428. The van der Waals surface area contributed by atoms with Crippen LogP contribution in [-0.4, -0.2) is 56.2 Å². The first-order valence-electron chi connectivity index (χ1n) is 8.16. The molecule has 0 aliphatic rings. The van der Waals surface area contributed by atoms with Crippen molar-refractivity contribution in [2.75, 3.05) is 39.7 Å². The number of carbonyl (C=O) groups excluding carboxylic acids is 2. The highest BCUT2D eigenvalue weighted by Gasteiger charge is 2.17. The summed E-state index contributed by atoms with van der Waals surface area (Å²) in [6, 6.07) is 5.41. The van der Waals surface area contributed by atoms with Gasteiger partial charge in [0.1, 0.15) is 11.5 Å². The Kier molecular flexibility index (Phi) is 7.56. The van der Waals surface area contributed by atoms with E-state index in [1.165, 1.54) is 18.4 Å². The molecule has 146 valence electrons. The summed E-state index contributed by atoms with van der Waals surface area (Å²) in [6.45, 7) is 2.17. The largest absolute Gasteiger partial charge is 0.497 e. The molecule has 8 nitrogen and oxygen atoms in total. The van der Waals surface area contributed by atoms with E-state index in [1.54, 1.807) is 25.2 Å². The molecule has 1 N–H and O–H groups in total. The number of aromatic nitrogens is 1. The molecule has 2 rings (SSSR count). The number of esters is 1. The Labute approximate surface area is 162 Å². The number of hydrogen-bond acceptors (Lipinski definition) is 8. The minimum absolute atomic E-state index is 0.00720. The lowest BCUT2D eigenvalue weighted by Crippen LogP contribution is -2.37. The van der Waals surface area contributed by atoms with Crippen molar-refractivity contribution in [2.45, 2.75) is 13.5 Å². The maximum atomic E-state index is 12.4. The molecular weight excluding hydrogens is 370 g/mol. The van der Waals surface area contributed by atoms with E-state index in [-0.39, 0.29) is 19.0 Å². The molecule has 0 atom stereocenters. The lowest BCUT2D eigenvalue weighted by Gasteiger charge is -2.21. The molecule has 0 bridgehead atoms. The van der Waals surface area contributed by atoms with Crippen LogP contribution in [0.15, 0.2) is 23.6 Å². The van der Waals surface area contributed by atoms with Crippen LogP contribution in [0.2, 0.25) is 0 Å². The predicted octanol–water partition coefficient (Wildman–Crippen LogP) is 2.08. The number of thiazole rings is 1. The van der Waals surface area contributed by atoms with Gasteiger partial charge in [0.05, 0.1) is 40.1 Å². The summed E-state index contributed by atoms with van der Waals surface area (Å²) in [4.78, 5) is 30.0. The van der Waals surface area contributed by atoms with Gasteiger partial charge in [0, 0.05) is 18.0 Å². The first-order valence-corrected chi connectivity index (χ1v) is 9.04. The number of nitrogens with one attached hydrogen (secondary N) is 1. The van der Waals surface area contributed by atoms with Gasteiger partial charge in [-0.25, -0.2) is 4.98 Å². The van der Waals surface area contributed by atoms with E-state index in [2.05, 4.69) is 10.3 Å². The average molecular weight is 393 g/mol. The highest BCUT2D eigenvalue weighted by Crippen LogP contribution is 2.23. The Morgan fingerprint density at radius 3 is 2.30 bits per heavy atom. The number of anilines is 1. The molecule has 1 amide bonds. The van der Waals surface area contributed by atoms with Crippen molar-refractivity contribution < 1.29 is 23.8 Å². The van der Waals surface area contributed by atoms with Crippen molar-refractivity contribution in [2.24, 2.45) is 0 Å². The fraction of sp³-hybridized carbons (Fsp3) is 0.389. The summed E-state index contributed by atoms with van der Waals surface area (Å²) in [5, 5.41) is 5.12. The molecule has 0 radical (unpaired) electrons. The SMILES string of the molecule is COC(=O)CN(CC(=O)Nc1nc(C)cs1)Cc1cc(OC)cc(OC)c1. The molecule has 2 aromatic rings. The third kappa shape index (κ3) is 6.54. The van der Waals surface area contributed by atoms with E-state index in [9.17, 15) is 9.59 Å². The van der Waals surface area contributed by atoms with Crippen LogP contribution >= 0.6 is 11.3 Å². The van der Waals surface area contributed by atoms with E-state index in [1.807, 2.05) is 24.4 Å². The van der Waals surface area contributed by atoms with Crippen molar-refractivity contribution >= 4 is 28.3 Å². The van der Waals surface area contributed by atoms with Crippen LogP contribution in [0.4, 0.5) is 5.13 Å². The fourth-order valence-corrected chi connectivity index (χ4v) is 3.11. The standard InChI is InChI=1S/C18H23N3O5S/c1-12-11-27-18(19-12)20-16(22)9-21(10-17(23)26-4)8-13-5-14(24-2)7-15(6-13)25-3/h5-7,11H,8-10H2,1-4H3,(H,19,20,22). The molecule has 1 heterocycles. The smallest absolute Gasteiger partial charge is 0.319 e. The summed E-state index contributed by atoms with van der Waals surface area (Å²) < 4.78 is 15.3. The van der Waals surface area contributed by atoms with Crippen LogP contribution < -0.4 is 14.8 Å².